The maximum Gasteiger partial charge on any atom is 0.249 e. The van der Waals surface area contributed by atoms with E-state index < -0.39 is 6.04 Å². The average Bonchev–Trinajstić information content (AvgIpc) is 3.11. The van der Waals surface area contributed by atoms with E-state index in [1.807, 2.05) is 6.20 Å². The van der Waals surface area contributed by atoms with Crippen molar-refractivity contribution in [2.45, 2.75) is 51.0 Å². The molecule has 0 spiro atoms. The van der Waals surface area contributed by atoms with E-state index in [1.165, 1.54) is 11.3 Å². The molecule has 3 heterocycles. The maximum atomic E-state index is 12.8. The first kappa shape index (κ1) is 15.4. The summed E-state index contributed by atoms with van der Waals surface area (Å²) in [6.07, 6.45) is 5.38. The molecule has 2 aliphatic heterocycles. The number of carbonyl (C=O) groups is 3. The molecule has 2 saturated heterocycles. The van der Waals surface area contributed by atoms with Crippen LogP contribution in [0.1, 0.15) is 49.3 Å². The van der Waals surface area contributed by atoms with E-state index in [9.17, 15) is 14.4 Å². The van der Waals surface area contributed by atoms with Gasteiger partial charge in [0.05, 0.1) is 6.20 Å². The number of H-pyrrole nitrogens is 1. The molecule has 7 heteroatoms. The molecule has 0 radical (unpaired) electrons. The summed E-state index contributed by atoms with van der Waals surface area (Å²) in [6, 6.07) is -0.479. The molecule has 1 aromatic rings. The van der Waals surface area contributed by atoms with Gasteiger partial charge in [-0.2, -0.15) is 5.10 Å². The lowest BCUT2D eigenvalue weighted by molar-refractivity contribution is -0.144. The molecule has 128 valence electrons. The smallest absolute Gasteiger partial charge is 0.249 e. The van der Waals surface area contributed by atoms with Gasteiger partial charge in [0.25, 0.3) is 0 Å². The van der Waals surface area contributed by atoms with Gasteiger partial charge in [-0.1, -0.05) is 0 Å². The van der Waals surface area contributed by atoms with Crippen molar-refractivity contribution in [3.05, 3.63) is 17.5 Å². The van der Waals surface area contributed by atoms with Gasteiger partial charge in [0, 0.05) is 30.5 Å². The Morgan fingerprint density at radius 1 is 1.21 bits per heavy atom. The zero-order chi connectivity index (χ0) is 16.8. The standard InChI is InChI=1S/C17H22N4O3/c1-9-7-18-20-15(9)10-2-3-12-11(6-10)8-21(17(12)24)13-4-5-14(22)19-16(13)23/h7,10-13H,2-6,8H2,1H3,(H,18,20)(H,19,22,23). The van der Waals surface area contributed by atoms with Crippen LogP contribution in [0, 0.1) is 18.8 Å². The van der Waals surface area contributed by atoms with Gasteiger partial charge in [0.15, 0.2) is 0 Å². The van der Waals surface area contributed by atoms with Gasteiger partial charge in [0.1, 0.15) is 6.04 Å². The summed E-state index contributed by atoms with van der Waals surface area (Å²) in [6.45, 7) is 2.68. The molecule has 0 bridgehead atoms. The number of nitrogens with one attached hydrogen (secondary N) is 2. The third-order valence-electron chi connectivity index (χ3n) is 5.88. The normalized spacial score (nSPS) is 33.5. The summed E-state index contributed by atoms with van der Waals surface area (Å²) >= 11 is 0. The van der Waals surface area contributed by atoms with Crippen LogP contribution in [0.3, 0.4) is 0 Å². The molecule has 7 nitrogen and oxygen atoms in total. The van der Waals surface area contributed by atoms with Crippen molar-refractivity contribution < 1.29 is 14.4 Å². The molecular formula is C17H22N4O3. The lowest BCUT2D eigenvalue weighted by Crippen LogP contribution is -2.53. The molecular weight excluding hydrogens is 308 g/mol. The predicted molar refractivity (Wildman–Crippen MR) is 84.8 cm³/mol. The fraction of sp³-hybridized carbons (Fsp3) is 0.647. The third kappa shape index (κ3) is 2.42. The van der Waals surface area contributed by atoms with Gasteiger partial charge in [0.2, 0.25) is 17.7 Å². The molecule has 24 heavy (non-hydrogen) atoms. The molecule has 4 atom stereocenters. The van der Waals surface area contributed by atoms with Gasteiger partial charge in [-0.25, -0.2) is 0 Å². The molecule has 4 rings (SSSR count). The zero-order valence-electron chi connectivity index (χ0n) is 13.7. The first-order valence-corrected chi connectivity index (χ1v) is 8.68. The summed E-state index contributed by atoms with van der Waals surface area (Å²) < 4.78 is 0. The predicted octanol–water partition coefficient (Wildman–Crippen LogP) is 0.865. The molecule has 3 aliphatic rings. The number of amides is 3. The Kier molecular flexibility index (Phi) is 3.66. The van der Waals surface area contributed by atoms with E-state index in [-0.39, 0.29) is 29.6 Å². The van der Waals surface area contributed by atoms with Crippen LogP contribution in [0.25, 0.3) is 0 Å². The number of aromatic amines is 1. The Balaban J connectivity index is 1.49. The van der Waals surface area contributed by atoms with Crippen molar-refractivity contribution in [2.24, 2.45) is 11.8 Å². The average molecular weight is 330 g/mol. The zero-order valence-corrected chi connectivity index (χ0v) is 13.7. The Hall–Kier alpha value is -2.18. The minimum Gasteiger partial charge on any atom is -0.330 e. The van der Waals surface area contributed by atoms with Crippen LogP contribution in [0.4, 0.5) is 0 Å². The Labute approximate surface area is 140 Å². The highest BCUT2D eigenvalue weighted by Crippen LogP contribution is 2.44. The summed E-state index contributed by atoms with van der Waals surface area (Å²) in [5.74, 6) is 0.242. The van der Waals surface area contributed by atoms with Gasteiger partial charge in [-0.05, 0) is 44.1 Å². The van der Waals surface area contributed by atoms with E-state index in [4.69, 9.17) is 0 Å². The second kappa shape index (κ2) is 5.72. The number of carbonyl (C=O) groups excluding carboxylic acids is 3. The first-order chi connectivity index (χ1) is 11.5. The van der Waals surface area contributed by atoms with Crippen molar-refractivity contribution in [3.63, 3.8) is 0 Å². The minimum atomic E-state index is -0.479. The molecule has 3 amide bonds. The highest BCUT2D eigenvalue weighted by Gasteiger charge is 2.48. The van der Waals surface area contributed by atoms with Gasteiger partial charge in [-0.3, -0.25) is 24.8 Å². The quantitative estimate of drug-likeness (QED) is 0.787. The maximum absolute atomic E-state index is 12.8. The molecule has 1 aromatic heterocycles. The number of aryl methyl sites for hydroxylation is 1. The monoisotopic (exact) mass is 330 g/mol. The number of rotatable bonds is 2. The van der Waals surface area contributed by atoms with E-state index in [1.54, 1.807) is 4.90 Å². The van der Waals surface area contributed by atoms with E-state index in [2.05, 4.69) is 22.4 Å². The molecule has 3 fully saturated rings. The second-order valence-corrected chi connectivity index (χ2v) is 7.30. The van der Waals surface area contributed by atoms with Crippen molar-refractivity contribution in [1.82, 2.24) is 20.4 Å². The molecule has 1 saturated carbocycles. The summed E-state index contributed by atoms with van der Waals surface area (Å²) in [4.78, 5) is 37.9. The number of nitrogens with zero attached hydrogens (tertiary/aromatic N) is 2. The lowest BCUT2D eigenvalue weighted by atomic mass is 9.74. The Morgan fingerprint density at radius 3 is 2.75 bits per heavy atom. The van der Waals surface area contributed by atoms with Crippen LogP contribution in [0.5, 0.6) is 0 Å². The summed E-state index contributed by atoms with van der Waals surface area (Å²) in [7, 11) is 0. The molecule has 1 aliphatic carbocycles. The van der Waals surface area contributed by atoms with Crippen LogP contribution >= 0.6 is 0 Å². The van der Waals surface area contributed by atoms with E-state index in [0.29, 0.717) is 25.3 Å². The van der Waals surface area contributed by atoms with Crippen molar-refractivity contribution in [2.75, 3.05) is 6.54 Å². The van der Waals surface area contributed by atoms with Gasteiger partial charge >= 0.3 is 0 Å². The van der Waals surface area contributed by atoms with Crippen molar-refractivity contribution in [3.8, 4) is 0 Å². The number of aromatic nitrogens is 2. The fourth-order valence-corrected chi connectivity index (χ4v) is 4.64. The number of hydrogen-bond acceptors (Lipinski definition) is 4. The number of hydrogen-bond donors (Lipinski definition) is 2. The SMILES string of the molecule is Cc1cn[nH]c1C1CCC2C(=O)N(C3CCC(=O)NC3=O)CC2C1. The first-order valence-electron chi connectivity index (χ1n) is 8.68. The molecule has 2 N–H and O–H groups in total. The van der Waals surface area contributed by atoms with Crippen LogP contribution in [-0.4, -0.2) is 45.4 Å². The summed E-state index contributed by atoms with van der Waals surface area (Å²) in [5.41, 5.74) is 2.35. The van der Waals surface area contributed by atoms with Crippen LogP contribution in [0.15, 0.2) is 6.20 Å². The number of imide groups is 1. The third-order valence-corrected chi connectivity index (χ3v) is 5.88. The molecule has 4 unspecified atom stereocenters. The lowest BCUT2D eigenvalue weighted by Gasteiger charge is -2.30. The topological polar surface area (TPSA) is 95.2 Å². The van der Waals surface area contributed by atoms with Crippen LogP contribution in [0.2, 0.25) is 0 Å². The largest absolute Gasteiger partial charge is 0.330 e. The van der Waals surface area contributed by atoms with Gasteiger partial charge in [-0.15, -0.1) is 0 Å². The molecule has 0 aromatic carbocycles. The Bertz CT molecular complexity index is 698. The van der Waals surface area contributed by atoms with Crippen LogP contribution in [-0.2, 0) is 14.4 Å². The van der Waals surface area contributed by atoms with Crippen molar-refractivity contribution >= 4 is 17.7 Å². The minimum absolute atomic E-state index is 0.0231. The van der Waals surface area contributed by atoms with Crippen LogP contribution < -0.4 is 5.32 Å². The highest BCUT2D eigenvalue weighted by molar-refractivity contribution is 6.02. The number of fused-ring (bicyclic) bond motifs is 1. The number of likely N-dealkylation sites (tertiary alicyclic amines) is 1. The Morgan fingerprint density at radius 2 is 2.04 bits per heavy atom. The fourth-order valence-electron chi connectivity index (χ4n) is 4.64. The van der Waals surface area contributed by atoms with Crippen molar-refractivity contribution in [1.29, 1.82) is 0 Å². The van der Waals surface area contributed by atoms with E-state index >= 15 is 0 Å². The van der Waals surface area contributed by atoms with Gasteiger partial charge < -0.3 is 4.90 Å². The second-order valence-electron chi connectivity index (χ2n) is 7.30. The highest BCUT2D eigenvalue weighted by atomic mass is 16.2. The number of piperidine rings is 1. The summed E-state index contributed by atoms with van der Waals surface area (Å²) in [5, 5.41) is 9.58. The van der Waals surface area contributed by atoms with E-state index in [0.717, 1.165) is 19.3 Å².